The number of nitrogens with zero attached hydrogens (tertiary/aromatic N) is 3. The molecule has 1 atom stereocenters. The van der Waals surface area contributed by atoms with Gasteiger partial charge in [-0.25, -0.2) is 0 Å². The lowest BCUT2D eigenvalue weighted by Crippen LogP contribution is -2.00. The lowest BCUT2D eigenvalue weighted by atomic mass is 9.84. The molecule has 0 bridgehead atoms. The van der Waals surface area contributed by atoms with Gasteiger partial charge in [0.05, 0.1) is 44.1 Å². The van der Waals surface area contributed by atoms with Crippen molar-refractivity contribution < 1.29 is 0 Å². The van der Waals surface area contributed by atoms with Crippen LogP contribution in [0.5, 0.6) is 0 Å². The Labute approximate surface area is 401 Å². The zero-order chi connectivity index (χ0) is 45.3. The molecule has 11 aromatic carbocycles. The van der Waals surface area contributed by atoms with Crippen LogP contribution >= 0.6 is 0 Å². The third-order valence-corrected chi connectivity index (χ3v) is 16.1. The van der Waals surface area contributed by atoms with Crippen molar-refractivity contribution >= 4 is 98.0 Å². The summed E-state index contributed by atoms with van der Waals surface area (Å²) >= 11 is 0. The van der Waals surface area contributed by atoms with Crippen molar-refractivity contribution in [3.63, 3.8) is 0 Å². The highest BCUT2D eigenvalue weighted by atomic mass is 15.0. The zero-order valence-corrected chi connectivity index (χ0v) is 37.9. The summed E-state index contributed by atoms with van der Waals surface area (Å²) in [6, 6.07) is 86.5. The van der Waals surface area contributed by atoms with E-state index in [0.29, 0.717) is 0 Å². The van der Waals surface area contributed by atoms with E-state index in [1.54, 1.807) is 0 Å². The van der Waals surface area contributed by atoms with E-state index in [-0.39, 0.29) is 5.92 Å². The monoisotopic (exact) mass is 885 g/mol. The van der Waals surface area contributed by atoms with Crippen LogP contribution in [0.3, 0.4) is 0 Å². The van der Waals surface area contributed by atoms with Crippen LogP contribution in [0.15, 0.2) is 231 Å². The molecular weight excluding hydrogens is 847 g/mol. The van der Waals surface area contributed by atoms with Gasteiger partial charge in [0.15, 0.2) is 0 Å². The number of rotatable bonds is 4. The van der Waals surface area contributed by atoms with Crippen LogP contribution < -0.4 is 0 Å². The average Bonchev–Trinajstić information content (AvgIpc) is 4.27. The van der Waals surface area contributed by atoms with Crippen LogP contribution in [0.2, 0.25) is 0 Å². The van der Waals surface area contributed by atoms with Crippen molar-refractivity contribution in [2.45, 2.75) is 5.92 Å². The van der Waals surface area contributed by atoms with E-state index < -0.39 is 0 Å². The summed E-state index contributed by atoms with van der Waals surface area (Å²) in [4.78, 5) is 0. The number of para-hydroxylation sites is 4. The fourth-order valence-electron chi connectivity index (χ4n) is 13.6. The van der Waals surface area contributed by atoms with E-state index in [4.69, 9.17) is 0 Å². The predicted molar refractivity (Wildman–Crippen MR) is 294 cm³/mol. The Kier molecular flexibility index (Phi) is 7.00. The number of benzene rings is 11. The van der Waals surface area contributed by atoms with Crippen molar-refractivity contribution in [2.75, 3.05) is 0 Å². The standard InChI is InChI=1S/C67H39N3/c1-5-21-39(22-6-1)55-47-33-14-13-29-43(47)48-37-49-45-31-16-19-35-53(45)69-63(49)61(58(48)55)59-56(40-23-7-2-8-24-40)67-60(57(66(59)69)41-25-9-3-10-26-41)62-64-50(38-51-46-32-17-20-36-54(46)70(67)65(51)62)44-30-15-18-34-52(44)68(64)42-27-11-4-12-28-42/h1-38,55H. The SMILES string of the molecule is c1ccc(-c2c3c4c5c(cc6c7ccccc7n(c3c(-c3ccccc3)c3c7c8c(cc9c%10ccccc%10n(c23)c97)-c2ccccc2C8c2ccccc2)c64)c2ccccc2n5-c2ccccc2)cc1. The first-order valence-electron chi connectivity index (χ1n) is 24.5. The van der Waals surface area contributed by atoms with Crippen LogP contribution in [-0.4, -0.2) is 13.4 Å². The fraction of sp³-hybridized carbons (Fsp3) is 0.0149. The lowest BCUT2D eigenvalue weighted by Gasteiger charge is -2.18. The molecule has 3 heteroatoms. The van der Waals surface area contributed by atoms with Gasteiger partial charge in [0.25, 0.3) is 0 Å². The van der Waals surface area contributed by atoms with Crippen molar-refractivity contribution in [1.29, 1.82) is 0 Å². The number of aromatic nitrogens is 3. The van der Waals surface area contributed by atoms with Crippen LogP contribution in [0, 0.1) is 0 Å². The normalized spacial score (nSPS) is 13.9. The number of hydrogen-bond donors (Lipinski definition) is 0. The molecule has 70 heavy (non-hydrogen) atoms. The van der Waals surface area contributed by atoms with Crippen LogP contribution in [-0.2, 0) is 0 Å². The van der Waals surface area contributed by atoms with E-state index in [0.717, 1.165) is 5.69 Å². The molecule has 17 rings (SSSR count). The second-order valence-electron chi connectivity index (χ2n) is 19.4. The van der Waals surface area contributed by atoms with E-state index in [1.807, 2.05) is 0 Å². The van der Waals surface area contributed by atoms with Crippen molar-refractivity contribution in [3.8, 4) is 39.1 Å². The molecule has 5 heterocycles. The highest BCUT2D eigenvalue weighted by Gasteiger charge is 2.38. The first-order valence-corrected chi connectivity index (χ1v) is 24.5. The van der Waals surface area contributed by atoms with Crippen LogP contribution in [0.25, 0.3) is 137 Å². The van der Waals surface area contributed by atoms with E-state index in [2.05, 4.69) is 244 Å². The van der Waals surface area contributed by atoms with Crippen molar-refractivity contribution in [2.24, 2.45) is 0 Å². The Hall–Kier alpha value is -9.18. The minimum Gasteiger partial charge on any atom is -0.309 e. The second-order valence-corrected chi connectivity index (χ2v) is 19.4. The first kappa shape index (κ1) is 36.9. The molecule has 0 aliphatic heterocycles. The Morgan fingerprint density at radius 1 is 0.300 bits per heavy atom. The molecule has 16 aromatic rings. The maximum absolute atomic E-state index is 2.69. The molecule has 0 amide bonds. The fourth-order valence-corrected chi connectivity index (χ4v) is 13.6. The molecule has 3 nitrogen and oxygen atoms in total. The summed E-state index contributed by atoms with van der Waals surface area (Å²) in [5.74, 6) is 0.0405. The largest absolute Gasteiger partial charge is 0.309 e. The van der Waals surface area contributed by atoms with Gasteiger partial charge in [0, 0.05) is 76.6 Å². The third-order valence-electron chi connectivity index (χ3n) is 16.1. The predicted octanol–water partition coefficient (Wildman–Crippen LogP) is 17.6. The Bertz CT molecular complexity index is 4840. The summed E-state index contributed by atoms with van der Waals surface area (Å²) in [5.41, 5.74) is 22.8. The molecule has 5 aromatic heterocycles. The summed E-state index contributed by atoms with van der Waals surface area (Å²) in [7, 11) is 0. The molecule has 1 aliphatic carbocycles. The summed E-state index contributed by atoms with van der Waals surface area (Å²) < 4.78 is 7.91. The molecule has 1 aliphatic rings. The maximum atomic E-state index is 2.69. The molecule has 0 fully saturated rings. The Balaban J connectivity index is 1.25. The second kappa shape index (κ2) is 13.3. The molecule has 0 saturated heterocycles. The lowest BCUT2D eigenvalue weighted by molar-refractivity contribution is 1.03. The molecular formula is C67H39N3. The van der Waals surface area contributed by atoms with Gasteiger partial charge in [-0.3, -0.25) is 0 Å². The summed E-state index contributed by atoms with van der Waals surface area (Å²) in [6.07, 6.45) is 0. The summed E-state index contributed by atoms with van der Waals surface area (Å²) in [5, 5.41) is 12.8. The van der Waals surface area contributed by atoms with E-state index in [1.165, 1.54) is 148 Å². The van der Waals surface area contributed by atoms with Gasteiger partial charge in [0.2, 0.25) is 0 Å². The van der Waals surface area contributed by atoms with E-state index in [9.17, 15) is 0 Å². The van der Waals surface area contributed by atoms with Gasteiger partial charge in [-0.1, -0.05) is 188 Å². The van der Waals surface area contributed by atoms with Gasteiger partial charge in [-0.15, -0.1) is 0 Å². The highest BCUT2D eigenvalue weighted by molar-refractivity contribution is 6.42. The van der Waals surface area contributed by atoms with Gasteiger partial charge in [-0.05, 0) is 81.4 Å². The van der Waals surface area contributed by atoms with Gasteiger partial charge in [0.1, 0.15) is 0 Å². The highest BCUT2D eigenvalue weighted by Crippen LogP contribution is 2.60. The van der Waals surface area contributed by atoms with Crippen LogP contribution in [0.4, 0.5) is 0 Å². The number of hydrogen-bond acceptors (Lipinski definition) is 0. The molecule has 0 saturated carbocycles. The molecule has 0 N–H and O–H groups in total. The minimum absolute atomic E-state index is 0.0405. The van der Waals surface area contributed by atoms with Crippen molar-refractivity contribution in [1.82, 2.24) is 13.4 Å². The Morgan fingerprint density at radius 3 is 1.39 bits per heavy atom. The Morgan fingerprint density at radius 2 is 0.757 bits per heavy atom. The number of fused-ring (bicyclic) bond motifs is 20. The van der Waals surface area contributed by atoms with E-state index >= 15 is 0 Å². The third kappa shape index (κ3) is 4.42. The maximum Gasteiger partial charge on any atom is 0.0642 e. The topological polar surface area (TPSA) is 13.8 Å². The van der Waals surface area contributed by atoms with Gasteiger partial charge >= 0.3 is 0 Å². The quantitative estimate of drug-likeness (QED) is 0.167. The molecule has 0 radical (unpaired) electrons. The molecule has 1 unspecified atom stereocenters. The minimum atomic E-state index is 0.0405. The average molecular weight is 886 g/mol. The van der Waals surface area contributed by atoms with Crippen LogP contribution in [0.1, 0.15) is 22.6 Å². The zero-order valence-electron chi connectivity index (χ0n) is 37.9. The van der Waals surface area contributed by atoms with Crippen molar-refractivity contribution in [3.05, 3.63) is 247 Å². The summed E-state index contributed by atoms with van der Waals surface area (Å²) in [6.45, 7) is 0. The first-order chi connectivity index (χ1) is 34.8. The molecule has 322 valence electrons. The smallest absolute Gasteiger partial charge is 0.0642 e. The van der Waals surface area contributed by atoms with Gasteiger partial charge < -0.3 is 13.4 Å². The van der Waals surface area contributed by atoms with Gasteiger partial charge in [-0.2, -0.15) is 0 Å². The molecule has 0 spiro atoms.